The molecule has 0 bridgehead atoms. The molecule has 1 aromatic carbocycles. The molecule has 1 aromatic heterocycles. The Hall–Kier alpha value is -1.71. The van der Waals surface area contributed by atoms with Gasteiger partial charge in [-0.15, -0.1) is 0 Å². The fourth-order valence-corrected chi connectivity index (χ4v) is 4.26. The fourth-order valence-electron chi connectivity index (χ4n) is 4.09. The molecule has 2 fully saturated rings. The van der Waals surface area contributed by atoms with Crippen molar-refractivity contribution in [3.05, 3.63) is 23.2 Å². The fraction of sp³-hybridized carbons (Fsp3) is 0.636. The molecule has 9 heteroatoms. The third-order valence-corrected chi connectivity index (χ3v) is 6.35. The Bertz CT molecular complexity index is 857. The number of nitrogens with zero attached hydrogens (tertiary/aromatic N) is 4. The number of ether oxygens (including phenoxy) is 2. The molecule has 2 atom stereocenters. The maximum absolute atomic E-state index is 6.27. The Morgan fingerprint density at radius 2 is 1.48 bits per heavy atom. The van der Waals surface area contributed by atoms with Gasteiger partial charge in [0.15, 0.2) is 0 Å². The molecule has 0 aliphatic carbocycles. The molecule has 0 amide bonds. The number of fused-ring (bicyclic) bond motifs is 1. The lowest BCUT2D eigenvalue weighted by Crippen LogP contribution is -2.45. The van der Waals surface area contributed by atoms with Crippen molar-refractivity contribution < 1.29 is 9.47 Å². The van der Waals surface area contributed by atoms with Crippen LogP contribution < -0.4 is 10.6 Å². The van der Waals surface area contributed by atoms with Gasteiger partial charge in [-0.05, 0) is 32.0 Å². The molecule has 2 aromatic rings. The van der Waals surface area contributed by atoms with Crippen LogP contribution in [0, 0.1) is 0 Å². The van der Waals surface area contributed by atoms with Crippen molar-refractivity contribution >= 4 is 34.3 Å². The summed E-state index contributed by atoms with van der Waals surface area (Å²) in [5.74, 6) is 1.45. The van der Waals surface area contributed by atoms with Crippen LogP contribution in [0.3, 0.4) is 0 Å². The average Bonchev–Trinajstić information content (AvgIpc) is 2.82. The van der Waals surface area contributed by atoms with Gasteiger partial charge >= 0.3 is 0 Å². The second kappa shape index (κ2) is 10.7. The number of benzene rings is 1. The Kier molecular flexibility index (Phi) is 7.79. The van der Waals surface area contributed by atoms with Crippen molar-refractivity contribution in [3.8, 4) is 0 Å². The normalized spacial score (nSPS) is 20.5. The highest BCUT2D eigenvalue weighted by atomic mass is 35.5. The highest BCUT2D eigenvalue weighted by molar-refractivity contribution is 6.31. The Morgan fingerprint density at radius 3 is 2.10 bits per heavy atom. The first-order chi connectivity index (χ1) is 15.1. The predicted molar refractivity (Wildman–Crippen MR) is 125 cm³/mol. The zero-order valence-corrected chi connectivity index (χ0v) is 19.2. The summed E-state index contributed by atoms with van der Waals surface area (Å²) in [5, 5.41) is 8.60. The smallest absolute Gasteiger partial charge is 0.225 e. The van der Waals surface area contributed by atoms with Crippen LogP contribution in [0.25, 0.3) is 10.9 Å². The molecule has 170 valence electrons. The summed E-state index contributed by atoms with van der Waals surface area (Å²) in [4.78, 5) is 14.4. The van der Waals surface area contributed by atoms with Gasteiger partial charge in [0.1, 0.15) is 5.82 Å². The molecule has 2 aliphatic rings. The topological polar surface area (TPSA) is 74.8 Å². The predicted octanol–water partition coefficient (Wildman–Crippen LogP) is 2.55. The van der Waals surface area contributed by atoms with E-state index < -0.39 is 0 Å². The summed E-state index contributed by atoms with van der Waals surface area (Å²) < 4.78 is 10.9. The highest BCUT2D eigenvalue weighted by Crippen LogP contribution is 2.25. The van der Waals surface area contributed by atoms with Gasteiger partial charge in [0.25, 0.3) is 0 Å². The first-order valence-electron chi connectivity index (χ1n) is 11.2. The number of rotatable bonds is 8. The van der Waals surface area contributed by atoms with E-state index >= 15 is 0 Å². The molecule has 0 saturated carbocycles. The van der Waals surface area contributed by atoms with Crippen LogP contribution in [0.15, 0.2) is 18.2 Å². The molecule has 0 unspecified atom stereocenters. The Labute approximate surface area is 189 Å². The molecule has 0 radical (unpaired) electrons. The van der Waals surface area contributed by atoms with Gasteiger partial charge in [0.05, 0.1) is 31.9 Å². The van der Waals surface area contributed by atoms with Gasteiger partial charge in [-0.1, -0.05) is 11.6 Å². The molecule has 3 heterocycles. The quantitative estimate of drug-likeness (QED) is 0.638. The maximum Gasteiger partial charge on any atom is 0.225 e. The van der Waals surface area contributed by atoms with E-state index in [9.17, 15) is 0 Å². The molecule has 2 N–H and O–H groups in total. The summed E-state index contributed by atoms with van der Waals surface area (Å²) in [5.41, 5.74) is 0.877. The summed E-state index contributed by atoms with van der Waals surface area (Å²) in [6.07, 6.45) is 0. The van der Waals surface area contributed by atoms with E-state index in [1.165, 1.54) is 0 Å². The Balaban J connectivity index is 1.45. The van der Waals surface area contributed by atoms with E-state index in [-0.39, 0.29) is 0 Å². The van der Waals surface area contributed by atoms with Crippen LogP contribution in [0.4, 0.5) is 11.8 Å². The number of nitrogens with one attached hydrogen (secondary N) is 2. The van der Waals surface area contributed by atoms with Crippen LogP contribution in [-0.4, -0.2) is 97.5 Å². The number of hydrogen-bond donors (Lipinski definition) is 2. The minimum absolute atomic E-state index is 0.380. The summed E-state index contributed by atoms with van der Waals surface area (Å²) in [7, 11) is 0. The first kappa shape index (κ1) is 22.5. The summed E-state index contributed by atoms with van der Waals surface area (Å²) >= 11 is 6.27. The zero-order chi connectivity index (χ0) is 21.6. The number of aromatic nitrogens is 2. The minimum Gasteiger partial charge on any atom is -0.379 e. The van der Waals surface area contributed by atoms with Gasteiger partial charge in [0, 0.05) is 61.8 Å². The molecule has 2 aliphatic heterocycles. The maximum atomic E-state index is 6.27. The van der Waals surface area contributed by atoms with E-state index in [2.05, 4.69) is 34.3 Å². The third-order valence-electron chi connectivity index (χ3n) is 6.12. The van der Waals surface area contributed by atoms with Crippen molar-refractivity contribution in [2.24, 2.45) is 0 Å². The SMILES string of the molecule is C[C@H](CNc1nc(NC[C@@H](C)N2CCOCC2)c2cc(Cl)ccc2n1)N1CCOCC1. The van der Waals surface area contributed by atoms with E-state index in [4.69, 9.17) is 31.0 Å². The monoisotopic (exact) mass is 448 g/mol. The Morgan fingerprint density at radius 1 is 0.903 bits per heavy atom. The summed E-state index contributed by atoms with van der Waals surface area (Å²) in [6, 6.07) is 6.51. The molecule has 0 spiro atoms. The van der Waals surface area contributed by atoms with Crippen molar-refractivity contribution in [1.29, 1.82) is 0 Å². The molecule has 2 saturated heterocycles. The van der Waals surface area contributed by atoms with Crippen molar-refractivity contribution in [1.82, 2.24) is 19.8 Å². The highest BCUT2D eigenvalue weighted by Gasteiger charge is 2.19. The molecular weight excluding hydrogens is 416 g/mol. The molecule has 8 nitrogen and oxygen atoms in total. The van der Waals surface area contributed by atoms with E-state index in [1.807, 2.05) is 18.2 Å². The molecular formula is C22H33ClN6O2. The lowest BCUT2D eigenvalue weighted by molar-refractivity contribution is 0.0227. The number of morpholine rings is 2. The van der Waals surface area contributed by atoms with Crippen molar-refractivity contribution in [2.75, 3.05) is 76.3 Å². The van der Waals surface area contributed by atoms with E-state index in [1.54, 1.807) is 0 Å². The number of anilines is 2. The van der Waals surface area contributed by atoms with E-state index in [0.717, 1.165) is 82.4 Å². The summed E-state index contributed by atoms with van der Waals surface area (Å²) in [6.45, 7) is 13.1. The van der Waals surface area contributed by atoms with Crippen LogP contribution in [0.1, 0.15) is 13.8 Å². The largest absolute Gasteiger partial charge is 0.379 e. The van der Waals surface area contributed by atoms with Crippen LogP contribution in [0.5, 0.6) is 0 Å². The first-order valence-corrected chi connectivity index (χ1v) is 11.6. The van der Waals surface area contributed by atoms with Gasteiger partial charge in [-0.3, -0.25) is 9.80 Å². The van der Waals surface area contributed by atoms with Crippen LogP contribution in [0.2, 0.25) is 5.02 Å². The standard InChI is InChI=1S/C22H33ClN6O2/c1-16(28-5-9-30-10-6-28)14-24-21-19-13-18(23)3-4-20(19)26-22(27-21)25-15-17(2)29-7-11-31-12-8-29/h3-4,13,16-17H,5-12,14-15H2,1-2H3,(H2,24,25,26,27)/t16-,17-/m1/s1. The minimum atomic E-state index is 0.380. The van der Waals surface area contributed by atoms with Crippen molar-refractivity contribution in [2.45, 2.75) is 25.9 Å². The van der Waals surface area contributed by atoms with Crippen molar-refractivity contribution in [3.63, 3.8) is 0 Å². The number of hydrogen-bond acceptors (Lipinski definition) is 8. The van der Waals surface area contributed by atoms with Gasteiger partial charge in [-0.2, -0.15) is 4.98 Å². The van der Waals surface area contributed by atoms with Crippen LogP contribution >= 0.6 is 11.6 Å². The van der Waals surface area contributed by atoms with Gasteiger partial charge < -0.3 is 20.1 Å². The van der Waals surface area contributed by atoms with E-state index in [0.29, 0.717) is 23.1 Å². The number of halogens is 1. The lowest BCUT2D eigenvalue weighted by atomic mass is 10.2. The molecule has 4 rings (SSSR count). The second-order valence-corrected chi connectivity index (χ2v) is 8.75. The van der Waals surface area contributed by atoms with Gasteiger partial charge in [0.2, 0.25) is 5.95 Å². The van der Waals surface area contributed by atoms with Crippen LogP contribution in [-0.2, 0) is 9.47 Å². The molecule has 31 heavy (non-hydrogen) atoms. The second-order valence-electron chi connectivity index (χ2n) is 8.31. The lowest BCUT2D eigenvalue weighted by Gasteiger charge is -2.32. The third kappa shape index (κ3) is 5.96. The van der Waals surface area contributed by atoms with Gasteiger partial charge in [-0.25, -0.2) is 4.98 Å². The average molecular weight is 449 g/mol. The zero-order valence-electron chi connectivity index (χ0n) is 18.4.